The van der Waals surface area contributed by atoms with Gasteiger partial charge in [-0.15, -0.1) is 0 Å². The molecule has 0 saturated carbocycles. The Morgan fingerprint density at radius 2 is 2.30 bits per heavy atom. The summed E-state index contributed by atoms with van der Waals surface area (Å²) in [4.78, 5) is 2.43. The van der Waals surface area contributed by atoms with Crippen molar-refractivity contribution in [1.82, 2.24) is 4.90 Å². The van der Waals surface area contributed by atoms with Crippen molar-refractivity contribution in [3.8, 4) is 5.75 Å². The summed E-state index contributed by atoms with van der Waals surface area (Å²) in [5.41, 5.74) is 7.01. The Hall–Kier alpha value is -0.810. The monoisotopic (exact) mass is 298 g/mol. The maximum Gasteiger partial charge on any atom is 0.137 e. The molecular weight excluding hydrogens is 276 g/mol. The molecule has 0 radical (unpaired) electrons. The van der Waals surface area contributed by atoms with E-state index in [9.17, 15) is 0 Å². The highest BCUT2D eigenvalue weighted by Gasteiger charge is 2.32. The molecule has 2 atom stereocenters. The lowest BCUT2D eigenvalue weighted by atomic mass is 9.97. The fourth-order valence-corrected chi connectivity index (χ4v) is 3.08. The highest BCUT2D eigenvalue weighted by Crippen LogP contribution is 2.34. The van der Waals surface area contributed by atoms with Crippen LogP contribution >= 0.6 is 11.6 Å². The average Bonchev–Trinajstić information content (AvgIpc) is 2.47. The lowest BCUT2D eigenvalue weighted by Crippen LogP contribution is -2.48. The lowest BCUT2D eigenvalue weighted by Gasteiger charge is -2.41. The maximum atomic E-state index is 6.25. The number of halogens is 1. The zero-order valence-electron chi connectivity index (χ0n) is 12.1. The van der Waals surface area contributed by atoms with Gasteiger partial charge in [0.15, 0.2) is 0 Å². The molecule has 0 bridgehead atoms. The summed E-state index contributed by atoms with van der Waals surface area (Å²) in [6.07, 6.45) is 1.12. The van der Waals surface area contributed by atoms with Crippen LogP contribution in [-0.2, 0) is 4.74 Å². The van der Waals surface area contributed by atoms with Gasteiger partial charge in [0, 0.05) is 13.1 Å². The van der Waals surface area contributed by atoms with Crippen LogP contribution in [0.1, 0.15) is 24.9 Å². The Kier molecular flexibility index (Phi) is 5.66. The van der Waals surface area contributed by atoms with Crippen molar-refractivity contribution in [1.29, 1.82) is 0 Å². The minimum absolute atomic E-state index is 0.0137. The summed E-state index contributed by atoms with van der Waals surface area (Å²) in [6.45, 7) is 5.40. The molecule has 0 amide bonds. The van der Waals surface area contributed by atoms with Crippen molar-refractivity contribution in [3.05, 3.63) is 28.8 Å². The first-order valence-electron chi connectivity index (χ1n) is 7.10. The Morgan fingerprint density at radius 1 is 1.50 bits per heavy atom. The normalized spacial score (nSPS) is 23.8. The fraction of sp³-hybridized carbons (Fsp3) is 0.600. The number of hydrogen-bond acceptors (Lipinski definition) is 4. The van der Waals surface area contributed by atoms with Gasteiger partial charge in [0.25, 0.3) is 0 Å². The van der Waals surface area contributed by atoms with Gasteiger partial charge in [-0.05, 0) is 30.7 Å². The number of nitrogens with zero attached hydrogens (tertiary/aromatic N) is 1. The molecule has 2 rings (SSSR count). The Labute approximate surface area is 125 Å². The third-order valence-electron chi connectivity index (χ3n) is 3.72. The van der Waals surface area contributed by atoms with Crippen LogP contribution in [0.15, 0.2) is 18.2 Å². The van der Waals surface area contributed by atoms with Crippen LogP contribution in [0.2, 0.25) is 5.02 Å². The summed E-state index contributed by atoms with van der Waals surface area (Å²) in [5, 5.41) is 0.628. The molecule has 0 spiro atoms. The minimum atomic E-state index is 0.0137. The maximum absolute atomic E-state index is 6.25. The second kappa shape index (κ2) is 7.27. The second-order valence-corrected chi connectivity index (χ2v) is 5.43. The Bertz CT molecular complexity index is 440. The lowest BCUT2D eigenvalue weighted by molar-refractivity contribution is -0.0676. The van der Waals surface area contributed by atoms with Gasteiger partial charge in [0.2, 0.25) is 0 Å². The molecule has 0 aliphatic carbocycles. The summed E-state index contributed by atoms with van der Waals surface area (Å²) in [5.74, 6) is 0.693. The van der Waals surface area contributed by atoms with E-state index in [1.54, 1.807) is 7.11 Å². The molecule has 4 nitrogen and oxygen atoms in total. The minimum Gasteiger partial charge on any atom is -0.495 e. The number of rotatable bonds is 5. The SMILES string of the molecule is CCCN1CCOC(CN)C1c1ccc(OC)c(Cl)c1. The van der Waals surface area contributed by atoms with E-state index in [0.29, 0.717) is 17.3 Å². The van der Waals surface area contributed by atoms with E-state index in [1.807, 2.05) is 12.1 Å². The van der Waals surface area contributed by atoms with Gasteiger partial charge in [-0.3, -0.25) is 4.90 Å². The summed E-state index contributed by atoms with van der Waals surface area (Å²) >= 11 is 6.25. The average molecular weight is 299 g/mol. The molecule has 1 heterocycles. The van der Waals surface area contributed by atoms with Crippen molar-refractivity contribution in [3.63, 3.8) is 0 Å². The van der Waals surface area contributed by atoms with E-state index in [1.165, 1.54) is 0 Å². The largest absolute Gasteiger partial charge is 0.495 e. The first-order chi connectivity index (χ1) is 9.71. The zero-order valence-corrected chi connectivity index (χ0v) is 12.9. The summed E-state index contributed by atoms with van der Waals surface area (Å²) in [6, 6.07) is 6.09. The number of ether oxygens (including phenoxy) is 2. The number of hydrogen-bond donors (Lipinski definition) is 1. The Balaban J connectivity index is 2.30. The van der Waals surface area contributed by atoms with Crippen molar-refractivity contribution in [2.45, 2.75) is 25.5 Å². The number of methoxy groups -OCH3 is 1. The molecule has 5 heteroatoms. The molecule has 1 aromatic rings. The first kappa shape index (κ1) is 15.6. The molecule has 1 fully saturated rings. The van der Waals surface area contributed by atoms with E-state index in [0.717, 1.165) is 31.7 Å². The molecule has 2 unspecified atom stereocenters. The van der Waals surface area contributed by atoms with Crippen LogP contribution in [0, 0.1) is 0 Å². The second-order valence-electron chi connectivity index (χ2n) is 5.02. The van der Waals surface area contributed by atoms with Gasteiger partial charge >= 0.3 is 0 Å². The van der Waals surface area contributed by atoms with Gasteiger partial charge in [-0.2, -0.15) is 0 Å². The fourth-order valence-electron chi connectivity index (χ4n) is 2.81. The smallest absolute Gasteiger partial charge is 0.137 e. The van der Waals surface area contributed by atoms with Crippen molar-refractivity contribution in [2.24, 2.45) is 5.73 Å². The predicted octanol–water partition coefficient (Wildman–Crippen LogP) is 2.46. The van der Waals surface area contributed by atoms with Gasteiger partial charge in [-0.25, -0.2) is 0 Å². The van der Waals surface area contributed by atoms with E-state index in [4.69, 9.17) is 26.8 Å². The molecule has 0 aromatic heterocycles. The third kappa shape index (κ3) is 3.26. The third-order valence-corrected chi connectivity index (χ3v) is 4.01. The summed E-state index contributed by atoms with van der Waals surface area (Å²) < 4.78 is 11.0. The Morgan fingerprint density at radius 3 is 2.90 bits per heavy atom. The van der Waals surface area contributed by atoms with Gasteiger partial charge in [-0.1, -0.05) is 24.6 Å². The molecule has 1 aliphatic heterocycles. The van der Waals surface area contributed by atoms with Gasteiger partial charge in [0.05, 0.1) is 30.9 Å². The van der Waals surface area contributed by atoms with Gasteiger partial charge < -0.3 is 15.2 Å². The number of benzene rings is 1. The van der Waals surface area contributed by atoms with Crippen molar-refractivity contribution in [2.75, 3.05) is 33.4 Å². The van der Waals surface area contributed by atoms with E-state index in [-0.39, 0.29) is 12.1 Å². The van der Waals surface area contributed by atoms with Crippen LogP contribution < -0.4 is 10.5 Å². The molecule has 1 saturated heterocycles. The molecule has 1 aromatic carbocycles. The highest BCUT2D eigenvalue weighted by molar-refractivity contribution is 6.32. The molecular formula is C15H23ClN2O2. The van der Waals surface area contributed by atoms with Crippen LogP contribution in [0.3, 0.4) is 0 Å². The van der Waals surface area contributed by atoms with Crippen LogP contribution in [0.5, 0.6) is 5.75 Å². The number of nitrogens with two attached hydrogens (primary N) is 1. The van der Waals surface area contributed by atoms with E-state index >= 15 is 0 Å². The molecule has 20 heavy (non-hydrogen) atoms. The van der Waals surface area contributed by atoms with Crippen LogP contribution in [0.4, 0.5) is 0 Å². The topological polar surface area (TPSA) is 47.7 Å². The van der Waals surface area contributed by atoms with Crippen LogP contribution in [-0.4, -0.2) is 44.4 Å². The zero-order chi connectivity index (χ0) is 14.5. The first-order valence-corrected chi connectivity index (χ1v) is 7.48. The van der Waals surface area contributed by atoms with E-state index < -0.39 is 0 Å². The van der Waals surface area contributed by atoms with Gasteiger partial charge in [0.1, 0.15) is 5.75 Å². The number of morpholine rings is 1. The van der Waals surface area contributed by atoms with Crippen LogP contribution in [0.25, 0.3) is 0 Å². The quantitative estimate of drug-likeness (QED) is 0.907. The molecule has 112 valence electrons. The highest BCUT2D eigenvalue weighted by atomic mass is 35.5. The molecule has 2 N–H and O–H groups in total. The van der Waals surface area contributed by atoms with E-state index in [2.05, 4.69) is 17.9 Å². The predicted molar refractivity (Wildman–Crippen MR) is 81.4 cm³/mol. The van der Waals surface area contributed by atoms with Crippen molar-refractivity contribution >= 4 is 11.6 Å². The van der Waals surface area contributed by atoms with Crippen molar-refractivity contribution < 1.29 is 9.47 Å². The summed E-state index contributed by atoms with van der Waals surface area (Å²) in [7, 11) is 1.62. The molecule has 1 aliphatic rings. The standard InChI is InChI=1S/C15H23ClN2O2/c1-3-6-18-7-8-20-14(10-17)15(18)11-4-5-13(19-2)12(16)9-11/h4-5,9,14-15H,3,6-8,10,17H2,1-2H3.